The van der Waals surface area contributed by atoms with E-state index in [1.165, 1.54) is 6.20 Å². The van der Waals surface area contributed by atoms with Crippen molar-refractivity contribution in [2.24, 2.45) is 0 Å². The third-order valence-corrected chi connectivity index (χ3v) is 5.89. The summed E-state index contributed by atoms with van der Waals surface area (Å²) in [5.41, 5.74) is 0.00868. The first-order valence-corrected chi connectivity index (χ1v) is 9.70. The number of H-pyrrole nitrogens is 2. The Labute approximate surface area is 163 Å². The van der Waals surface area contributed by atoms with E-state index in [9.17, 15) is 14.7 Å². The van der Waals surface area contributed by atoms with Crippen LogP contribution in [0.4, 0.5) is 0 Å². The van der Waals surface area contributed by atoms with Gasteiger partial charge in [-0.2, -0.15) is 0 Å². The first-order chi connectivity index (χ1) is 13.6. The van der Waals surface area contributed by atoms with E-state index in [1.54, 1.807) is 4.90 Å². The highest BCUT2D eigenvalue weighted by atomic mass is 16.5. The van der Waals surface area contributed by atoms with Crippen LogP contribution in [0.25, 0.3) is 0 Å². The number of aromatic nitrogens is 2. The molecule has 2 aromatic rings. The van der Waals surface area contributed by atoms with Crippen molar-refractivity contribution < 1.29 is 14.6 Å². The standard InChI is InChI=1S/C20H26N4O4/c25-18(12-15-13-21-22-19(15)26)24-7-6-20(27,16-4-2-1-3-5-16)17(14-24)23-8-10-28-11-9-23/h1-5,13,17,27H,6-12,14H2,(H2,21,22,26)/t17-,20+/m1/s1. The van der Waals surface area contributed by atoms with Crippen molar-refractivity contribution in [1.29, 1.82) is 0 Å². The van der Waals surface area contributed by atoms with Crippen molar-refractivity contribution in [3.8, 4) is 0 Å². The van der Waals surface area contributed by atoms with E-state index in [0.29, 0.717) is 38.3 Å². The van der Waals surface area contributed by atoms with Crippen molar-refractivity contribution in [2.75, 3.05) is 39.4 Å². The van der Waals surface area contributed by atoms with Crippen LogP contribution in [0.2, 0.25) is 0 Å². The van der Waals surface area contributed by atoms with Crippen LogP contribution in [0.1, 0.15) is 17.5 Å². The Hall–Kier alpha value is -2.42. The number of rotatable bonds is 4. The fraction of sp³-hybridized carbons (Fsp3) is 0.500. The zero-order valence-electron chi connectivity index (χ0n) is 15.8. The molecule has 3 heterocycles. The molecule has 28 heavy (non-hydrogen) atoms. The van der Waals surface area contributed by atoms with E-state index in [4.69, 9.17) is 4.74 Å². The highest BCUT2D eigenvalue weighted by Gasteiger charge is 2.46. The predicted molar refractivity (Wildman–Crippen MR) is 103 cm³/mol. The Bertz CT molecular complexity index is 858. The third-order valence-electron chi connectivity index (χ3n) is 5.89. The fourth-order valence-corrected chi connectivity index (χ4v) is 4.26. The molecule has 8 heteroatoms. The number of ether oxygens (including phenoxy) is 1. The summed E-state index contributed by atoms with van der Waals surface area (Å²) >= 11 is 0. The van der Waals surface area contributed by atoms with Gasteiger partial charge in [-0.15, -0.1) is 0 Å². The number of nitrogens with zero attached hydrogens (tertiary/aromatic N) is 2. The minimum Gasteiger partial charge on any atom is -0.383 e. The van der Waals surface area contributed by atoms with Gasteiger partial charge in [-0.3, -0.25) is 19.6 Å². The Morgan fingerprint density at radius 1 is 1.21 bits per heavy atom. The number of morpholine rings is 1. The first-order valence-electron chi connectivity index (χ1n) is 9.70. The molecule has 3 N–H and O–H groups in total. The number of carbonyl (C=O) groups is 1. The SMILES string of the molecule is O=C(Cc1c[nH][nH]c1=O)N1CC[C@](O)(c2ccccc2)[C@H](N2CCOCC2)C1. The third kappa shape index (κ3) is 3.63. The first kappa shape index (κ1) is 18.9. The molecule has 2 aliphatic rings. The van der Waals surface area contributed by atoms with Crippen molar-refractivity contribution in [1.82, 2.24) is 20.0 Å². The van der Waals surface area contributed by atoms with Crippen molar-refractivity contribution in [3.05, 3.63) is 58.0 Å². The topological polar surface area (TPSA) is 102 Å². The van der Waals surface area contributed by atoms with E-state index in [2.05, 4.69) is 15.1 Å². The van der Waals surface area contributed by atoms with Crippen LogP contribution in [-0.2, 0) is 21.6 Å². The molecule has 0 bridgehead atoms. The molecule has 1 amide bonds. The largest absolute Gasteiger partial charge is 0.383 e. The van der Waals surface area contributed by atoms with Crippen LogP contribution < -0.4 is 5.56 Å². The summed E-state index contributed by atoms with van der Waals surface area (Å²) in [6.07, 6.45) is 2.04. The molecule has 1 aromatic carbocycles. The average Bonchev–Trinajstić information content (AvgIpc) is 3.14. The van der Waals surface area contributed by atoms with Crippen molar-refractivity contribution in [3.63, 3.8) is 0 Å². The lowest BCUT2D eigenvalue weighted by Crippen LogP contribution is -2.63. The minimum atomic E-state index is -1.03. The summed E-state index contributed by atoms with van der Waals surface area (Å²) < 4.78 is 5.48. The van der Waals surface area contributed by atoms with Gasteiger partial charge < -0.3 is 19.8 Å². The van der Waals surface area contributed by atoms with Gasteiger partial charge in [0.05, 0.1) is 25.7 Å². The number of aliphatic hydroxyl groups is 1. The van der Waals surface area contributed by atoms with Crippen molar-refractivity contribution in [2.45, 2.75) is 24.5 Å². The second-order valence-electron chi connectivity index (χ2n) is 7.49. The summed E-state index contributed by atoms with van der Waals surface area (Å²) in [5, 5.41) is 16.8. The zero-order chi connectivity index (χ0) is 19.6. The average molecular weight is 386 g/mol. The van der Waals surface area contributed by atoms with E-state index in [-0.39, 0.29) is 23.9 Å². The van der Waals surface area contributed by atoms with E-state index >= 15 is 0 Å². The summed E-state index contributed by atoms with van der Waals surface area (Å²) in [6.45, 7) is 3.56. The Balaban J connectivity index is 1.57. The Kier molecular flexibility index (Phi) is 5.34. The number of aromatic amines is 2. The maximum absolute atomic E-state index is 12.8. The number of amides is 1. The number of piperidine rings is 1. The van der Waals surface area contributed by atoms with Gasteiger partial charge in [0, 0.05) is 37.9 Å². The summed E-state index contributed by atoms with van der Waals surface area (Å²) in [5.74, 6) is -0.0986. The van der Waals surface area contributed by atoms with Crippen LogP contribution in [0.15, 0.2) is 41.3 Å². The molecule has 2 saturated heterocycles. The summed E-state index contributed by atoms with van der Waals surface area (Å²) in [6, 6.07) is 9.47. The van der Waals surface area contributed by atoms with E-state index in [1.807, 2.05) is 30.3 Å². The number of nitrogens with one attached hydrogen (secondary N) is 2. The molecule has 0 spiro atoms. The van der Waals surface area contributed by atoms with Gasteiger partial charge in [-0.05, 0) is 12.0 Å². The van der Waals surface area contributed by atoms with Crippen LogP contribution in [0.5, 0.6) is 0 Å². The van der Waals surface area contributed by atoms with Crippen LogP contribution in [0.3, 0.4) is 0 Å². The number of benzene rings is 1. The van der Waals surface area contributed by atoms with Gasteiger partial charge in [-0.25, -0.2) is 0 Å². The van der Waals surface area contributed by atoms with Gasteiger partial charge in [0.25, 0.3) is 5.56 Å². The predicted octanol–water partition coefficient (Wildman–Crippen LogP) is 0.0664. The van der Waals surface area contributed by atoms with Gasteiger partial charge in [0.15, 0.2) is 0 Å². The second-order valence-corrected chi connectivity index (χ2v) is 7.49. The molecule has 0 radical (unpaired) electrons. The van der Waals surface area contributed by atoms with E-state index in [0.717, 1.165) is 18.7 Å². The summed E-state index contributed by atoms with van der Waals surface area (Å²) in [7, 11) is 0. The highest BCUT2D eigenvalue weighted by Crippen LogP contribution is 2.36. The number of carbonyl (C=O) groups excluding carboxylic acids is 1. The molecule has 4 rings (SSSR count). The molecule has 8 nitrogen and oxygen atoms in total. The number of likely N-dealkylation sites (tertiary alicyclic amines) is 1. The van der Waals surface area contributed by atoms with E-state index < -0.39 is 5.60 Å². The Morgan fingerprint density at radius 3 is 2.64 bits per heavy atom. The van der Waals surface area contributed by atoms with Crippen LogP contribution in [0, 0.1) is 0 Å². The molecule has 0 aliphatic carbocycles. The van der Waals surface area contributed by atoms with Gasteiger partial charge in [0.1, 0.15) is 5.60 Å². The lowest BCUT2D eigenvalue weighted by molar-refractivity contribution is -0.147. The maximum atomic E-state index is 12.8. The molecule has 2 aliphatic heterocycles. The van der Waals surface area contributed by atoms with Gasteiger partial charge >= 0.3 is 0 Å². The lowest BCUT2D eigenvalue weighted by atomic mass is 9.79. The van der Waals surface area contributed by atoms with Crippen LogP contribution >= 0.6 is 0 Å². The molecular formula is C20H26N4O4. The van der Waals surface area contributed by atoms with Gasteiger partial charge in [-0.1, -0.05) is 30.3 Å². The molecule has 0 saturated carbocycles. The molecular weight excluding hydrogens is 360 g/mol. The fourth-order valence-electron chi connectivity index (χ4n) is 4.26. The molecule has 150 valence electrons. The van der Waals surface area contributed by atoms with Gasteiger partial charge in [0.2, 0.25) is 5.91 Å². The molecule has 2 atom stereocenters. The minimum absolute atomic E-state index is 0.0540. The summed E-state index contributed by atoms with van der Waals surface area (Å²) in [4.78, 5) is 28.5. The normalized spacial score (nSPS) is 26.3. The number of hydrogen-bond acceptors (Lipinski definition) is 5. The number of hydrogen-bond donors (Lipinski definition) is 3. The van der Waals surface area contributed by atoms with Crippen LogP contribution in [-0.4, -0.2) is 76.4 Å². The molecule has 2 fully saturated rings. The Morgan fingerprint density at radius 2 is 1.96 bits per heavy atom. The van der Waals surface area contributed by atoms with Crippen molar-refractivity contribution >= 4 is 5.91 Å². The monoisotopic (exact) mass is 386 g/mol. The lowest BCUT2D eigenvalue weighted by Gasteiger charge is -2.50. The smallest absolute Gasteiger partial charge is 0.267 e. The quantitative estimate of drug-likeness (QED) is 0.690. The zero-order valence-corrected chi connectivity index (χ0v) is 15.8. The molecule has 0 unspecified atom stereocenters. The second kappa shape index (κ2) is 7.90. The molecule has 1 aromatic heterocycles. The highest BCUT2D eigenvalue weighted by molar-refractivity contribution is 5.78. The maximum Gasteiger partial charge on any atom is 0.267 e.